The monoisotopic (exact) mass is 490 g/mol. The van der Waals surface area contributed by atoms with E-state index in [9.17, 15) is 9.59 Å². The molecule has 4 heterocycles. The number of hydrogen-bond acceptors (Lipinski definition) is 8. The Bertz CT molecular complexity index is 1410. The molecule has 1 saturated carbocycles. The molecular formula is C24H26N8O4. The zero-order valence-electron chi connectivity index (χ0n) is 19.8. The van der Waals surface area contributed by atoms with Crippen LogP contribution in [0.25, 0.3) is 17.2 Å². The highest BCUT2D eigenvalue weighted by molar-refractivity contribution is 6.00. The highest BCUT2D eigenvalue weighted by Gasteiger charge is 2.25. The number of hydrogen-bond donors (Lipinski definition) is 3. The van der Waals surface area contributed by atoms with Gasteiger partial charge >= 0.3 is 12.0 Å². The van der Waals surface area contributed by atoms with Gasteiger partial charge in [0.15, 0.2) is 5.65 Å². The first-order chi connectivity index (χ1) is 17.5. The zero-order valence-corrected chi connectivity index (χ0v) is 19.8. The van der Waals surface area contributed by atoms with Crippen LogP contribution < -0.4 is 10.6 Å². The number of amides is 2. The Labute approximate surface area is 206 Å². The Morgan fingerprint density at radius 3 is 2.81 bits per heavy atom. The minimum atomic E-state index is -0.868. The number of urea groups is 1. The van der Waals surface area contributed by atoms with E-state index in [0.717, 1.165) is 42.6 Å². The van der Waals surface area contributed by atoms with Crippen LogP contribution in [0.2, 0.25) is 0 Å². The van der Waals surface area contributed by atoms with Crippen LogP contribution in [0, 0.1) is 6.92 Å². The maximum atomic E-state index is 12.9. The Morgan fingerprint density at radius 1 is 1.19 bits per heavy atom. The fraction of sp³-hybridized carbons (Fsp3) is 0.375. The van der Waals surface area contributed by atoms with Crippen LogP contribution in [0.5, 0.6) is 0 Å². The van der Waals surface area contributed by atoms with Crippen LogP contribution in [-0.2, 0) is 11.2 Å². The molecule has 0 radical (unpaired) electrons. The van der Waals surface area contributed by atoms with Crippen molar-refractivity contribution in [2.24, 2.45) is 0 Å². The largest absolute Gasteiger partial charge is 0.481 e. The lowest BCUT2D eigenvalue weighted by atomic mass is 10.0. The summed E-state index contributed by atoms with van der Waals surface area (Å²) in [5, 5.41) is 22.9. The quantitative estimate of drug-likeness (QED) is 0.329. The first kappa shape index (κ1) is 23.4. The third-order valence-corrected chi connectivity index (χ3v) is 6.24. The molecule has 0 unspecified atom stereocenters. The second-order valence-electron chi connectivity index (χ2n) is 8.87. The number of aryl methyl sites for hydroxylation is 2. The Morgan fingerprint density at radius 2 is 2.03 bits per heavy atom. The SMILES string of the molecule is Cc1cc(NC(=O)Nc2cnc3ccnn3c2C2CCCC2)cnc1-c1noc(CCCC(=O)O)n1. The number of rotatable bonds is 8. The molecule has 12 nitrogen and oxygen atoms in total. The van der Waals surface area contributed by atoms with Gasteiger partial charge in [0.2, 0.25) is 11.7 Å². The smallest absolute Gasteiger partial charge is 0.323 e. The molecule has 0 spiro atoms. The Balaban J connectivity index is 1.28. The molecule has 36 heavy (non-hydrogen) atoms. The van der Waals surface area contributed by atoms with Crippen molar-refractivity contribution >= 4 is 29.0 Å². The van der Waals surface area contributed by atoms with E-state index in [1.807, 2.05) is 17.5 Å². The number of carbonyl (C=O) groups is 2. The third-order valence-electron chi connectivity index (χ3n) is 6.24. The fourth-order valence-corrected chi connectivity index (χ4v) is 4.58. The number of pyridine rings is 1. The number of aliphatic carboxylic acids is 1. The lowest BCUT2D eigenvalue weighted by molar-refractivity contribution is -0.137. The van der Waals surface area contributed by atoms with Crippen molar-refractivity contribution < 1.29 is 19.2 Å². The standard InChI is InChI=1S/C24H26N8O4/c1-14-11-16(12-26-21(14)23-30-19(36-31-23)7-4-8-20(33)34)28-24(35)29-17-13-25-18-9-10-27-32(18)22(17)15-5-2-3-6-15/h9-13,15H,2-8H2,1H3,(H,33,34)(H2,28,29,35). The molecule has 0 atom stereocenters. The van der Waals surface area contributed by atoms with Crippen LogP contribution >= 0.6 is 0 Å². The number of carboxylic acid groups (broad SMARTS) is 1. The minimum absolute atomic E-state index is 0.0332. The number of carboxylic acids is 1. The van der Waals surface area contributed by atoms with Gasteiger partial charge in [-0.1, -0.05) is 18.0 Å². The molecule has 186 valence electrons. The average Bonchev–Trinajstić information content (AvgIpc) is 3.61. The Hall–Kier alpha value is -4.35. The molecule has 0 bridgehead atoms. The van der Waals surface area contributed by atoms with Gasteiger partial charge in [-0.3, -0.25) is 9.78 Å². The summed E-state index contributed by atoms with van der Waals surface area (Å²) in [5.41, 5.74) is 4.14. The summed E-state index contributed by atoms with van der Waals surface area (Å²) in [4.78, 5) is 36.6. The summed E-state index contributed by atoms with van der Waals surface area (Å²) in [6.45, 7) is 1.83. The molecule has 3 N–H and O–H groups in total. The van der Waals surface area contributed by atoms with E-state index in [2.05, 4.69) is 35.8 Å². The van der Waals surface area contributed by atoms with E-state index in [1.165, 1.54) is 6.20 Å². The molecular weight excluding hydrogens is 464 g/mol. The van der Waals surface area contributed by atoms with Crippen LogP contribution in [0.15, 0.2) is 35.2 Å². The number of fused-ring (bicyclic) bond motifs is 1. The fourth-order valence-electron chi connectivity index (χ4n) is 4.58. The van der Waals surface area contributed by atoms with Crippen LogP contribution in [0.3, 0.4) is 0 Å². The van der Waals surface area contributed by atoms with Gasteiger partial charge in [0.05, 0.1) is 35.7 Å². The van der Waals surface area contributed by atoms with E-state index in [4.69, 9.17) is 9.63 Å². The van der Waals surface area contributed by atoms with Gasteiger partial charge in [0, 0.05) is 24.8 Å². The number of anilines is 2. The molecule has 2 amide bonds. The van der Waals surface area contributed by atoms with Crippen molar-refractivity contribution in [2.45, 2.75) is 57.8 Å². The number of carbonyl (C=O) groups excluding carboxylic acids is 1. The molecule has 4 aromatic heterocycles. The molecule has 4 aromatic rings. The highest BCUT2D eigenvalue weighted by Crippen LogP contribution is 2.37. The van der Waals surface area contributed by atoms with E-state index >= 15 is 0 Å². The molecule has 1 aliphatic rings. The average molecular weight is 491 g/mol. The molecule has 5 rings (SSSR count). The first-order valence-electron chi connectivity index (χ1n) is 11.9. The van der Waals surface area contributed by atoms with Crippen LogP contribution in [0.1, 0.15) is 61.6 Å². The lowest BCUT2D eigenvalue weighted by Gasteiger charge is -2.17. The zero-order chi connectivity index (χ0) is 25.1. The summed E-state index contributed by atoms with van der Waals surface area (Å²) in [7, 11) is 0. The highest BCUT2D eigenvalue weighted by atomic mass is 16.5. The first-order valence-corrected chi connectivity index (χ1v) is 11.9. The summed E-state index contributed by atoms with van der Waals surface area (Å²) >= 11 is 0. The van der Waals surface area contributed by atoms with Crippen molar-refractivity contribution in [3.63, 3.8) is 0 Å². The number of aromatic nitrogens is 6. The van der Waals surface area contributed by atoms with Crippen LogP contribution in [-0.4, -0.2) is 46.8 Å². The number of nitrogens with zero attached hydrogens (tertiary/aromatic N) is 6. The molecule has 1 fully saturated rings. The third kappa shape index (κ3) is 5.02. The molecule has 0 saturated heterocycles. The van der Waals surface area contributed by atoms with Gasteiger partial charge in [-0.15, -0.1) is 0 Å². The molecule has 12 heteroatoms. The van der Waals surface area contributed by atoms with Crippen LogP contribution in [0.4, 0.5) is 16.2 Å². The van der Waals surface area contributed by atoms with Gasteiger partial charge in [0.25, 0.3) is 0 Å². The normalized spacial score (nSPS) is 13.8. The van der Waals surface area contributed by atoms with Gasteiger partial charge in [0.1, 0.15) is 5.69 Å². The van der Waals surface area contributed by atoms with Gasteiger partial charge in [-0.2, -0.15) is 10.1 Å². The second-order valence-corrected chi connectivity index (χ2v) is 8.87. The summed E-state index contributed by atoms with van der Waals surface area (Å²) in [5.74, 6) is 0.119. The molecule has 0 aromatic carbocycles. The maximum absolute atomic E-state index is 12.9. The van der Waals surface area contributed by atoms with Gasteiger partial charge < -0.3 is 20.3 Å². The summed E-state index contributed by atoms with van der Waals surface area (Å²) in [6, 6.07) is 3.22. The van der Waals surface area contributed by atoms with E-state index in [0.29, 0.717) is 47.5 Å². The second kappa shape index (κ2) is 10.1. The van der Waals surface area contributed by atoms with Crippen molar-refractivity contribution in [1.82, 2.24) is 29.7 Å². The summed E-state index contributed by atoms with van der Waals surface area (Å²) < 4.78 is 7.02. The van der Waals surface area contributed by atoms with Gasteiger partial charge in [-0.05, 0) is 37.8 Å². The molecule has 1 aliphatic carbocycles. The van der Waals surface area contributed by atoms with Crippen molar-refractivity contribution in [2.75, 3.05) is 10.6 Å². The molecule has 0 aliphatic heterocycles. The topological polar surface area (TPSA) is 160 Å². The summed E-state index contributed by atoms with van der Waals surface area (Å²) in [6.07, 6.45) is 10.2. The van der Waals surface area contributed by atoms with E-state index in [-0.39, 0.29) is 6.42 Å². The van der Waals surface area contributed by atoms with Gasteiger partial charge in [-0.25, -0.2) is 14.3 Å². The maximum Gasteiger partial charge on any atom is 0.323 e. The van der Waals surface area contributed by atoms with Crippen molar-refractivity contribution in [3.8, 4) is 11.5 Å². The number of nitrogens with one attached hydrogen (secondary N) is 2. The predicted molar refractivity (Wildman–Crippen MR) is 130 cm³/mol. The Kier molecular flexibility index (Phi) is 6.56. The van der Waals surface area contributed by atoms with Crippen molar-refractivity contribution in [3.05, 3.63) is 47.9 Å². The van der Waals surface area contributed by atoms with E-state index < -0.39 is 12.0 Å². The van der Waals surface area contributed by atoms with Crippen molar-refractivity contribution in [1.29, 1.82) is 0 Å². The minimum Gasteiger partial charge on any atom is -0.481 e. The predicted octanol–water partition coefficient (Wildman–Crippen LogP) is 4.19. The lowest BCUT2D eigenvalue weighted by Crippen LogP contribution is -2.22. The van der Waals surface area contributed by atoms with E-state index in [1.54, 1.807) is 18.5 Å².